The Morgan fingerprint density at radius 3 is 2.73 bits per heavy atom. The summed E-state index contributed by atoms with van der Waals surface area (Å²) < 4.78 is 0. The Kier molecular flexibility index (Phi) is 6.71. The summed E-state index contributed by atoms with van der Waals surface area (Å²) in [5.74, 6) is -0.742. The van der Waals surface area contributed by atoms with Gasteiger partial charge in [-0.15, -0.1) is 0 Å². The van der Waals surface area contributed by atoms with Crippen LogP contribution in [0.4, 0.5) is 5.69 Å². The van der Waals surface area contributed by atoms with Crippen molar-refractivity contribution < 1.29 is 14.7 Å². The van der Waals surface area contributed by atoms with Gasteiger partial charge in [-0.3, -0.25) is 9.59 Å². The van der Waals surface area contributed by atoms with E-state index < -0.39 is 0 Å². The van der Waals surface area contributed by atoms with Crippen LogP contribution >= 0.6 is 0 Å². The van der Waals surface area contributed by atoms with Crippen molar-refractivity contribution in [2.45, 2.75) is 33.6 Å². The fourth-order valence-corrected chi connectivity index (χ4v) is 2.76. The van der Waals surface area contributed by atoms with Crippen molar-refractivity contribution in [2.75, 3.05) is 18.0 Å². The minimum atomic E-state index is -0.360. The Morgan fingerprint density at radius 2 is 2.15 bits per heavy atom. The van der Waals surface area contributed by atoms with Crippen LogP contribution in [0.5, 0.6) is 5.75 Å². The van der Waals surface area contributed by atoms with Crippen LogP contribution in [0.2, 0.25) is 0 Å². The number of anilines is 1. The molecule has 1 aliphatic rings. The molecule has 0 bridgehead atoms. The van der Waals surface area contributed by atoms with Crippen LogP contribution in [-0.2, 0) is 9.59 Å². The zero-order valence-corrected chi connectivity index (χ0v) is 15.3. The van der Waals surface area contributed by atoms with Gasteiger partial charge < -0.3 is 10.0 Å². The highest BCUT2D eigenvalue weighted by atomic mass is 16.3. The van der Waals surface area contributed by atoms with Gasteiger partial charge in [0.15, 0.2) is 0 Å². The highest BCUT2D eigenvalue weighted by Crippen LogP contribution is 2.23. The Morgan fingerprint density at radius 1 is 1.42 bits per heavy atom. The van der Waals surface area contributed by atoms with Crippen LogP contribution in [0.1, 0.15) is 39.2 Å². The van der Waals surface area contributed by atoms with E-state index in [2.05, 4.69) is 26.0 Å². The molecule has 2 amide bonds. The van der Waals surface area contributed by atoms with E-state index in [9.17, 15) is 14.7 Å². The largest absolute Gasteiger partial charge is 0.507 e. The first-order valence-corrected chi connectivity index (χ1v) is 8.70. The molecule has 1 heterocycles. The second-order valence-electron chi connectivity index (χ2n) is 6.03. The second-order valence-corrected chi connectivity index (χ2v) is 6.03. The third kappa shape index (κ3) is 4.81. The van der Waals surface area contributed by atoms with Crippen molar-refractivity contribution in [1.82, 2.24) is 10.9 Å². The van der Waals surface area contributed by atoms with Crippen molar-refractivity contribution in [3.63, 3.8) is 0 Å². The quantitative estimate of drug-likeness (QED) is 0.484. The number of benzene rings is 1. The minimum Gasteiger partial charge on any atom is -0.507 e. The molecule has 8 heteroatoms. The fourth-order valence-electron chi connectivity index (χ4n) is 2.76. The van der Waals surface area contributed by atoms with Gasteiger partial charge in [-0.1, -0.05) is 0 Å². The number of rotatable bonds is 8. The van der Waals surface area contributed by atoms with E-state index >= 15 is 0 Å². The smallest absolute Gasteiger partial charge is 0.248 e. The monoisotopic (exact) mass is 359 g/mol. The number of nitrogens with one attached hydrogen (secondary N) is 2. The van der Waals surface area contributed by atoms with Gasteiger partial charge in [-0.25, -0.2) is 10.9 Å². The molecule has 1 aliphatic heterocycles. The molecule has 1 aromatic carbocycles. The van der Waals surface area contributed by atoms with E-state index in [4.69, 9.17) is 0 Å². The number of phenols is 1. The van der Waals surface area contributed by atoms with E-state index in [1.807, 2.05) is 19.9 Å². The Labute approximate surface area is 153 Å². The lowest BCUT2D eigenvalue weighted by Gasteiger charge is -2.21. The summed E-state index contributed by atoms with van der Waals surface area (Å²) in [7, 11) is 0. The number of amides is 2. The minimum absolute atomic E-state index is 0.0989. The van der Waals surface area contributed by atoms with Gasteiger partial charge in [0, 0.05) is 42.5 Å². The average Bonchev–Trinajstić information content (AvgIpc) is 2.94. The Bertz CT molecular complexity index is 726. The molecule has 0 aromatic heterocycles. The van der Waals surface area contributed by atoms with Crippen LogP contribution in [-0.4, -0.2) is 41.9 Å². The van der Waals surface area contributed by atoms with Crippen LogP contribution in [0.15, 0.2) is 28.4 Å². The Hall–Kier alpha value is -2.90. The van der Waals surface area contributed by atoms with Gasteiger partial charge in [0.1, 0.15) is 5.75 Å². The molecule has 140 valence electrons. The lowest BCUT2D eigenvalue weighted by Crippen LogP contribution is -2.25. The van der Waals surface area contributed by atoms with Gasteiger partial charge >= 0.3 is 0 Å². The van der Waals surface area contributed by atoms with E-state index in [0.29, 0.717) is 17.7 Å². The summed E-state index contributed by atoms with van der Waals surface area (Å²) in [6.45, 7) is 7.55. The first kappa shape index (κ1) is 19.4. The van der Waals surface area contributed by atoms with E-state index in [0.717, 1.165) is 18.8 Å². The van der Waals surface area contributed by atoms with Crippen molar-refractivity contribution in [2.24, 2.45) is 16.1 Å². The van der Waals surface area contributed by atoms with Crippen LogP contribution < -0.4 is 15.8 Å². The van der Waals surface area contributed by atoms with Crippen LogP contribution in [0, 0.1) is 5.92 Å². The molecule has 0 spiro atoms. The molecule has 0 fully saturated rings. The lowest BCUT2D eigenvalue weighted by molar-refractivity contribution is -0.123. The predicted octanol–water partition coefficient (Wildman–Crippen LogP) is 1.59. The number of carbonyl (C=O) groups excluding carboxylic acids is 2. The van der Waals surface area contributed by atoms with Crippen molar-refractivity contribution in [3.8, 4) is 5.75 Å². The van der Waals surface area contributed by atoms with E-state index in [1.54, 1.807) is 19.1 Å². The van der Waals surface area contributed by atoms with Crippen LogP contribution in [0.25, 0.3) is 0 Å². The zero-order chi connectivity index (χ0) is 19.1. The summed E-state index contributed by atoms with van der Waals surface area (Å²) in [6, 6.07) is 5.33. The maximum absolute atomic E-state index is 11.8. The molecule has 1 unspecified atom stereocenters. The molecular weight excluding hydrogens is 334 g/mol. The SMILES string of the molecule is CCN(CC)c1ccc(/C=N/NC(=O)CCC2C(=O)NN=C2C)c(O)c1. The molecule has 1 atom stereocenters. The van der Waals surface area contributed by atoms with Crippen LogP contribution in [0.3, 0.4) is 0 Å². The highest BCUT2D eigenvalue weighted by Gasteiger charge is 2.26. The third-order valence-corrected chi connectivity index (χ3v) is 4.36. The number of hydrogen-bond donors (Lipinski definition) is 3. The maximum atomic E-state index is 11.8. The van der Waals surface area contributed by atoms with Crippen molar-refractivity contribution >= 4 is 29.4 Å². The standard InChI is InChI=1S/C18H25N5O3/c1-4-23(5-2)14-7-6-13(16(24)10-14)11-19-21-17(25)9-8-15-12(3)20-22-18(15)26/h6-7,10-11,15,24H,4-5,8-9H2,1-3H3,(H,21,25)(H,22,26)/b19-11+. The van der Waals surface area contributed by atoms with Gasteiger partial charge in [0.25, 0.3) is 0 Å². The molecule has 1 aromatic rings. The number of hydrogen-bond acceptors (Lipinski definition) is 6. The van der Waals surface area contributed by atoms with E-state index in [-0.39, 0.29) is 29.9 Å². The van der Waals surface area contributed by atoms with Crippen molar-refractivity contribution in [3.05, 3.63) is 23.8 Å². The first-order valence-electron chi connectivity index (χ1n) is 8.70. The average molecular weight is 359 g/mol. The van der Waals surface area contributed by atoms with Gasteiger partial charge in [-0.05, 0) is 39.3 Å². The summed E-state index contributed by atoms with van der Waals surface area (Å²) in [5.41, 5.74) is 6.93. The van der Waals surface area contributed by atoms with Gasteiger partial charge in [-0.2, -0.15) is 10.2 Å². The summed E-state index contributed by atoms with van der Waals surface area (Å²) in [5, 5.41) is 17.8. The number of carbonyl (C=O) groups is 2. The normalized spacial score (nSPS) is 16.5. The molecule has 26 heavy (non-hydrogen) atoms. The lowest BCUT2D eigenvalue weighted by atomic mass is 9.99. The summed E-state index contributed by atoms with van der Waals surface area (Å²) in [6.07, 6.45) is 1.94. The Balaban J connectivity index is 1.86. The van der Waals surface area contributed by atoms with Gasteiger partial charge in [0.05, 0.1) is 12.1 Å². The van der Waals surface area contributed by atoms with Crippen molar-refractivity contribution in [1.29, 1.82) is 0 Å². The molecule has 0 saturated heterocycles. The molecular formula is C18H25N5O3. The number of aromatic hydroxyl groups is 1. The highest BCUT2D eigenvalue weighted by molar-refractivity contribution is 6.07. The third-order valence-electron chi connectivity index (χ3n) is 4.36. The zero-order valence-electron chi connectivity index (χ0n) is 15.3. The van der Waals surface area contributed by atoms with Gasteiger partial charge in [0.2, 0.25) is 11.8 Å². The van der Waals surface area contributed by atoms with E-state index in [1.165, 1.54) is 6.21 Å². The number of nitrogens with zero attached hydrogens (tertiary/aromatic N) is 3. The molecule has 0 radical (unpaired) electrons. The molecule has 0 aliphatic carbocycles. The number of hydrazone groups is 2. The second kappa shape index (κ2) is 8.98. The molecule has 0 saturated carbocycles. The number of phenolic OH excluding ortho intramolecular Hbond substituents is 1. The topological polar surface area (TPSA) is 106 Å². The fraction of sp³-hybridized carbons (Fsp3) is 0.444. The molecule has 8 nitrogen and oxygen atoms in total. The first-order chi connectivity index (χ1) is 12.5. The summed E-state index contributed by atoms with van der Waals surface area (Å²) >= 11 is 0. The molecule has 3 N–H and O–H groups in total. The summed E-state index contributed by atoms with van der Waals surface area (Å²) in [4.78, 5) is 25.5. The maximum Gasteiger partial charge on any atom is 0.248 e. The predicted molar refractivity (Wildman–Crippen MR) is 101 cm³/mol. The molecule has 2 rings (SSSR count).